The topological polar surface area (TPSA) is 93.8 Å². The van der Waals surface area contributed by atoms with Crippen molar-refractivity contribution < 1.29 is 36.3 Å². The molecule has 0 spiro atoms. The van der Waals surface area contributed by atoms with Crippen LogP contribution in [0.2, 0.25) is 0 Å². The Balaban J connectivity index is 1.38. The number of amides is 2. The number of likely N-dealkylation sites (N-methyl/N-ethyl adjacent to an activating group) is 1. The summed E-state index contributed by atoms with van der Waals surface area (Å²) in [5, 5.41) is 10.2. The van der Waals surface area contributed by atoms with Gasteiger partial charge in [0.25, 0.3) is 5.91 Å². The number of aromatic amines is 1. The highest BCUT2D eigenvalue weighted by Crippen LogP contribution is 2.36. The van der Waals surface area contributed by atoms with Gasteiger partial charge in [0.05, 0.1) is 16.8 Å². The van der Waals surface area contributed by atoms with Crippen LogP contribution in [0.15, 0.2) is 53.0 Å². The van der Waals surface area contributed by atoms with Gasteiger partial charge >= 0.3 is 12.1 Å². The van der Waals surface area contributed by atoms with Crippen molar-refractivity contribution in [1.82, 2.24) is 15.1 Å². The maximum absolute atomic E-state index is 14.1. The molecule has 3 aromatic carbocycles. The molecule has 4 aromatic rings. The number of piperazine rings is 1. The molecule has 9 nitrogen and oxygen atoms in total. The Bertz CT molecular complexity index is 1820. The molecule has 1 aromatic heterocycles. The maximum Gasteiger partial charge on any atom is 0.471 e. The van der Waals surface area contributed by atoms with E-state index in [2.05, 4.69) is 36.3 Å². The molecule has 48 heavy (non-hydrogen) atoms. The number of carbonyl (C=O) groups excluding carboxylic acids is 2. The fraction of sp³-hybridized carbons (Fsp3) is 0.364. The van der Waals surface area contributed by atoms with Crippen molar-refractivity contribution in [3.05, 3.63) is 81.3 Å². The van der Waals surface area contributed by atoms with E-state index < -0.39 is 35.7 Å². The largest absolute Gasteiger partial charge is 0.471 e. The van der Waals surface area contributed by atoms with Gasteiger partial charge in [-0.2, -0.15) is 18.3 Å². The van der Waals surface area contributed by atoms with Gasteiger partial charge in [-0.25, -0.2) is 8.78 Å². The summed E-state index contributed by atoms with van der Waals surface area (Å²) in [5.74, 6) is -4.18. The molecular weight excluding hydrogens is 703 g/mol. The molecule has 6 rings (SSSR count). The van der Waals surface area contributed by atoms with E-state index in [1.54, 1.807) is 18.2 Å². The lowest BCUT2D eigenvalue weighted by molar-refractivity contribution is -0.171. The second-order valence-electron chi connectivity index (χ2n) is 12.0. The highest BCUT2D eigenvalue weighted by molar-refractivity contribution is 9.10. The number of H-pyrrole nitrogens is 1. The first-order valence-electron chi connectivity index (χ1n) is 15.4. The highest BCUT2D eigenvalue weighted by Gasteiger charge is 2.46. The molecule has 2 aliphatic heterocycles. The number of alkyl halides is 3. The van der Waals surface area contributed by atoms with Crippen LogP contribution in [0.25, 0.3) is 10.9 Å². The Morgan fingerprint density at radius 2 is 1.71 bits per heavy atom. The zero-order valence-electron chi connectivity index (χ0n) is 25.8. The fourth-order valence-electron chi connectivity index (χ4n) is 6.15. The number of hydrogen-bond acceptors (Lipinski definition) is 6. The second-order valence-corrected chi connectivity index (χ2v) is 12.8. The first-order chi connectivity index (χ1) is 22.9. The van der Waals surface area contributed by atoms with Crippen molar-refractivity contribution in [2.45, 2.75) is 31.5 Å². The number of rotatable bonds is 7. The summed E-state index contributed by atoms with van der Waals surface area (Å²) < 4.78 is 76.1. The van der Waals surface area contributed by atoms with Crippen molar-refractivity contribution in [3.63, 3.8) is 0 Å². The third kappa shape index (κ3) is 7.32. The number of benzene rings is 3. The van der Waals surface area contributed by atoms with E-state index in [4.69, 9.17) is 4.74 Å². The summed E-state index contributed by atoms with van der Waals surface area (Å²) in [6, 6.07) is 10.4. The van der Waals surface area contributed by atoms with Crippen LogP contribution in [0.5, 0.6) is 0 Å². The quantitative estimate of drug-likeness (QED) is 0.218. The van der Waals surface area contributed by atoms with Gasteiger partial charge in [0.1, 0.15) is 11.6 Å². The van der Waals surface area contributed by atoms with Gasteiger partial charge in [-0.05, 0) is 79.9 Å². The van der Waals surface area contributed by atoms with E-state index in [1.807, 2.05) is 11.9 Å². The standard InChI is InChI=1S/C33H32BrF5N6O3/c1-43-6-8-44(9-7-43)24-2-3-25(29(17-24)45(32(47)33(37,38)39)23-4-10-48-11-5-23)31(46)40-30-26-15-20(27(34)18-28(26)41-42-30)12-19-13-21(35)16-22(36)14-19/h2-3,13-18,23H,4-12H2,1H3,(H2,40,41,42,46). The number of halogens is 6. The minimum absolute atomic E-state index is 0.0861. The molecule has 3 heterocycles. The van der Waals surface area contributed by atoms with Crippen LogP contribution in [-0.4, -0.2) is 85.6 Å². The van der Waals surface area contributed by atoms with Crippen molar-refractivity contribution in [2.24, 2.45) is 0 Å². The minimum atomic E-state index is -5.19. The SMILES string of the molecule is CN1CCN(c2ccc(C(=O)Nc3n[nH]c4cc(Br)c(Cc5cc(F)cc(F)c5)cc34)c(N(C(=O)C(F)(F)F)C3CCOCC3)c2)CC1. The predicted octanol–water partition coefficient (Wildman–Crippen LogP) is 6.27. The van der Waals surface area contributed by atoms with Crippen molar-refractivity contribution in [3.8, 4) is 0 Å². The molecule has 15 heteroatoms. The van der Waals surface area contributed by atoms with Crippen molar-refractivity contribution >= 4 is 55.8 Å². The normalized spacial score (nSPS) is 16.4. The van der Waals surface area contributed by atoms with Gasteiger partial charge in [0, 0.05) is 67.0 Å². The summed E-state index contributed by atoms with van der Waals surface area (Å²) in [5.41, 5.74) is 1.84. The molecule has 0 atom stereocenters. The minimum Gasteiger partial charge on any atom is -0.381 e. The van der Waals surface area contributed by atoms with Crippen LogP contribution < -0.4 is 15.1 Å². The van der Waals surface area contributed by atoms with Crippen LogP contribution in [-0.2, 0) is 16.0 Å². The van der Waals surface area contributed by atoms with Gasteiger partial charge in [0.15, 0.2) is 5.82 Å². The fourth-order valence-corrected chi connectivity index (χ4v) is 6.63. The lowest BCUT2D eigenvalue weighted by atomic mass is 10.0. The van der Waals surface area contributed by atoms with E-state index in [-0.39, 0.29) is 49.5 Å². The molecular formula is C33H32BrF5N6O3. The third-order valence-corrected chi connectivity index (χ3v) is 9.39. The first-order valence-corrected chi connectivity index (χ1v) is 16.1. The van der Waals surface area contributed by atoms with E-state index in [0.29, 0.717) is 50.2 Å². The number of anilines is 3. The van der Waals surface area contributed by atoms with Crippen molar-refractivity contribution in [1.29, 1.82) is 0 Å². The lowest BCUT2D eigenvalue weighted by Gasteiger charge is -2.37. The molecule has 254 valence electrons. The van der Waals surface area contributed by atoms with Gasteiger partial charge in [-0.1, -0.05) is 15.9 Å². The van der Waals surface area contributed by atoms with Gasteiger partial charge in [0.2, 0.25) is 0 Å². The Labute approximate surface area is 281 Å². The highest BCUT2D eigenvalue weighted by atomic mass is 79.9. The summed E-state index contributed by atoms with van der Waals surface area (Å²) in [6.07, 6.45) is -4.71. The van der Waals surface area contributed by atoms with Gasteiger partial charge in [-0.15, -0.1) is 0 Å². The van der Waals surface area contributed by atoms with Crippen molar-refractivity contribution in [2.75, 3.05) is 61.6 Å². The molecule has 2 amide bonds. The monoisotopic (exact) mass is 734 g/mol. The zero-order valence-corrected chi connectivity index (χ0v) is 27.4. The number of fused-ring (bicyclic) bond motifs is 1. The average Bonchev–Trinajstić information content (AvgIpc) is 3.41. The number of nitrogens with zero attached hydrogens (tertiary/aromatic N) is 4. The number of nitrogens with one attached hydrogen (secondary N) is 2. The molecule has 2 saturated heterocycles. The zero-order chi connectivity index (χ0) is 34.2. The predicted molar refractivity (Wildman–Crippen MR) is 174 cm³/mol. The first kappa shape index (κ1) is 33.8. The van der Waals surface area contributed by atoms with Crippen LogP contribution in [0, 0.1) is 11.6 Å². The molecule has 2 aliphatic rings. The van der Waals surface area contributed by atoms with Gasteiger partial charge in [-0.3, -0.25) is 14.7 Å². The molecule has 0 unspecified atom stereocenters. The maximum atomic E-state index is 14.1. The van der Waals surface area contributed by atoms with Crippen LogP contribution >= 0.6 is 15.9 Å². The number of aromatic nitrogens is 2. The summed E-state index contributed by atoms with van der Waals surface area (Å²) in [4.78, 5) is 31.9. The van der Waals surface area contributed by atoms with E-state index in [9.17, 15) is 31.5 Å². The lowest BCUT2D eigenvalue weighted by Crippen LogP contribution is -2.50. The van der Waals surface area contributed by atoms with E-state index >= 15 is 0 Å². The molecule has 2 N–H and O–H groups in total. The molecule has 0 bridgehead atoms. The summed E-state index contributed by atoms with van der Waals surface area (Å²) in [7, 11) is 1.98. The number of hydrogen-bond donors (Lipinski definition) is 2. The third-order valence-electron chi connectivity index (χ3n) is 8.65. The molecule has 0 aliphatic carbocycles. The molecule has 2 fully saturated rings. The molecule has 0 saturated carbocycles. The Morgan fingerprint density at radius 3 is 2.38 bits per heavy atom. The average molecular weight is 736 g/mol. The summed E-state index contributed by atoms with van der Waals surface area (Å²) in [6.45, 7) is 3.05. The van der Waals surface area contributed by atoms with Crippen LogP contribution in [0.4, 0.5) is 39.1 Å². The number of carbonyl (C=O) groups is 2. The summed E-state index contributed by atoms with van der Waals surface area (Å²) >= 11 is 3.48. The Kier molecular flexibility index (Phi) is 9.72. The van der Waals surface area contributed by atoms with E-state index in [1.165, 1.54) is 24.3 Å². The van der Waals surface area contributed by atoms with Crippen LogP contribution in [0.3, 0.4) is 0 Å². The number of ether oxygens (including phenoxy) is 1. The smallest absolute Gasteiger partial charge is 0.381 e. The Morgan fingerprint density at radius 1 is 1.02 bits per heavy atom. The van der Waals surface area contributed by atoms with Gasteiger partial charge < -0.3 is 24.8 Å². The van der Waals surface area contributed by atoms with E-state index in [0.717, 1.165) is 19.2 Å². The second kappa shape index (κ2) is 13.8. The van der Waals surface area contributed by atoms with Crippen LogP contribution in [0.1, 0.15) is 34.3 Å². The molecule has 0 radical (unpaired) electrons. The Hall–Kier alpha value is -4.08.